The maximum atomic E-state index is 12.8. The molecule has 3 N–H and O–H groups in total. The van der Waals surface area contributed by atoms with Crippen LogP contribution in [0, 0.1) is 5.21 Å². The van der Waals surface area contributed by atoms with Crippen LogP contribution in [0.1, 0.15) is 17.3 Å². The van der Waals surface area contributed by atoms with E-state index in [-0.39, 0.29) is 23.1 Å². The van der Waals surface area contributed by atoms with E-state index in [1.165, 1.54) is 24.3 Å². The number of carbonyl (C=O) groups is 2. The molecule has 1 amide bonds. The molecule has 30 heavy (non-hydrogen) atoms. The number of aliphatic imine (C=N–C) groups is 1. The van der Waals surface area contributed by atoms with Gasteiger partial charge in [0.15, 0.2) is 17.5 Å². The lowest BCUT2D eigenvalue weighted by molar-refractivity contribution is -0.991. The predicted octanol–water partition coefficient (Wildman–Crippen LogP) is 1.52. The first-order chi connectivity index (χ1) is 14.4. The predicted molar refractivity (Wildman–Crippen MR) is 112 cm³/mol. The SMILES string of the molecule is CC1=NC(=S)N(NCC(=O)c2ccccc2)C(=O)C1N=Nc1ccc([NH+]([O-])O)cc1. The van der Waals surface area contributed by atoms with E-state index in [2.05, 4.69) is 20.6 Å². The quantitative estimate of drug-likeness (QED) is 0.266. The number of nitrogens with zero attached hydrogens (tertiary/aromatic N) is 4. The van der Waals surface area contributed by atoms with E-state index in [4.69, 9.17) is 17.4 Å². The zero-order valence-electron chi connectivity index (χ0n) is 15.8. The fourth-order valence-electron chi connectivity index (χ4n) is 2.61. The molecule has 1 heterocycles. The zero-order chi connectivity index (χ0) is 21.7. The van der Waals surface area contributed by atoms with E-state index in [1.54, 1.807) is 37.3 Å². The van der Waals surface area contributed by atoms with Crippen molar-refractivity contribution in [3.8, 4) is 0 Å². The van der Waals surface area contributed by atoms with Crippen LogP contribution in [-0.4, -0.2) is 45.3 Å². The summed E-state index contributed by atoms with van der Waals surface area (Å²) >= 11 is 5.14. The van der Waals surface area contributed by atoms with Crippen LogP contribution in [-0.2, 0) is 4.79 Å². The minimum absolute atomic E-state index is 0.0179. The van der Waals surface area contributed by atoms with E-state index in [1.807, 2.05) is 0 Å². The van der Waals surface area contributed by atoms with E-state index in [0.717, 1.165) is 5.01 Å². The lowest BCUT2D eigenvalue weighted by atomic mass is 10.1. The molecular weight excluding hydrogens is 408 g/mol. The monoisotopic (exact) mass is 426 g/mol. The van der Waals surface area contributed by atoms with Crippen molar-refractivity contribution >= 4 is 46.1 Å². The van der Waals surface area contributed by atoms with Crippen molar-refractivity contribution in [2.45, 2.75) is 13.0 Å². The molecule has 154 valence electrons. The Morgan fingerprint density at radius 3 is 2.57 bits per heavy atom. The Kier molecular flexibility index (Phi) is 6.82. The van der Waals surface area contributed by atoms with Gasteiger partial charge in [0, 0.05) is 17.7 Å². The van der Waals surface area contributed by atoms with Crippen LogP contribution in [0.15, 0.2) is 69.8 Å². The van der Waals surface area contributed by atoms with Gasteiger partial charge in [-0.25, -0.2) is 20.6 Å². The molecule has 0 bridgehead atoms. The van der Waals surface area contributed by atoms with Gasteiger partial charge in [-0.2, -0.15) is 15.5 Å². The Hall–Kier alpha value is -3.22. The van der Waals surface area contributed by atoms with Crippen LogP contribution in [0.25, 0.3) is 0 Å². The summed E-state index contributed by atoms with van der Waals surface area (Å²) in [7, 11) is 0. The van der Waals surface area contributed by atoms with Gasteiger partial charge in [0.25, 0.3) is 5.91 Å². The number of nitrogens with one attached hydrogen (secondary N) is 2. The Balaban J connectivity index is 1.70. The molecule has 0 fully saturated rings. The molecule has 2 aromatic rings. The van der Waals surface area contributed by atoms with Crippen molar-refractivity contribution in [1.82, 2.24) is 10.4 Å². The average molecular weight is 426 g/mol. The van der Waals surface area contributed by atoms with E-state index in [9.17, 15) is 14.8 Å². The highest BCUT2D eigenvalue weighted by Gasteiger charge is 2.34. The number of hydrogen-bond donors (Lipinski definition) is 3. The van der Waals surface area contributed by atoms with Crippen molar-refractivity contribution < 1.29 is 20.0 Å². The van der Waals surface area contributed by atoms with Gasteiger partial charge in [0.2, 0.25) is 5.11 Å². The molecule has 0 spiro atoms. The van der Waals surface area contributed by atoms with Gasteiger partial charge < -0.3 is 5.21 Å². The van der Waals surface area contributed by atoms with Crippen molar-refractivity contribution in [3.05, 3.63) is 65.4 Å². The zero-order valence-corrected chi connectivity index (χ0v) is 16.7. The fraction of sp³-hybridized carbons (Fsp3) is 0.158. The maximum Gasteiger partial charge on any atom is 0.275 e. The highest BCUT2D eigenvalue weighted by atomic mass is 32.1. The standard InChI is InChI=1S/C19H18N6O4S/c1-12-17(23-22-14-7-9-15(10-8-14)25(28)29)18(27)24(19(30)21-12)20-11-16(26)13-5-3-2-4-6-13/h2-10,17,20,25,28H,11H2,1H3. The minimum Gasteiger partial charge on any atom is -0.595 e. The lowest BCUT2D eigenvalue weighted by Crippen LogP contribution is -2.99. The number of azo groups is 1. The Morgan fingerprint density at radius 1 is 1.27 bits per heavy atom. The number of hydrogen-bond acceptors (Lipinski definition) is 8. The largest absolute Gasteiger partial charge is 0.595 e. The number of rotatable bonds is 7. The lowest BCUT2D eigenvalue weighted by Gasteiger charge is -2.28. The third-order valence-electron chi connectivity index (χ3n) is 4.21. The Bertz CT molecular complexity index is 1010. The van der Waals surface area contributed by atoms with Gasteiger partial charge in [-0.3, -0.25) is 9.59 Å². The Labute approximate surface area is 177 Å². The number of carbonyl (C=O) groups excluding carboxylic acids is 2. The second-order valence-electron chi connectivity index (χ2n) is 6.30. The van der Waals surface area contributed by atoms with Crippen molar-refractivity contribution in [2.24, 2.45) is 15.2 Å². The molecule has 0 saturated carbocycles. The molecule has 10 nitrogen and oxygen atoms in total. The number of amides is 1. The number of ketones is 1. The first-order valence-electron chi connectivity index (χ1n) is 8.86. The minimum atomic E-state index is -1.05. The van der Waals surface area contributed by atoms with Gasteiger partial charge in [0.05, 0.1) is 17.9 Å². The first-order valence-corrected chi connectivity index (χ1v) is 9.26. The first kappa shape index (κ1) is 21.5. The molecule has 1 aliphatic rings. The molecule has 0 radical (unpaired) electrons. The van der Waals surface area contributed by atoms with E-state index >= 15 is 0 Å². The fourth-order valence-corrected chi connectivity index (χ4v) is 2.91. The second-order valence-corrected chi connectivity index (χ2v) is 6.67. The summed E-state index contributed by atoms with van der Waals surface area (Å²) in [5.74, 6) is -0.728. The summed E-state index contributed by atoms with van der Waals surface area (Å²) in [5, 5.41) is 27.8. The molecular formula is C19H18N6O4S. The summed E-state index contributed by atoms with van der Waals surface area (Å²) < 4.78 is 0. The number of hydrazine groups is 1. The number of thiocarbonyl (C=S) groups is 1. The van der Waals surface area contributed by atoms with Crippen LogP contribution >= 0.6 is 12.2 Å². The van der Waals surface area contributed by atoms with Crippen LogP contribution in [0.2, 0.25) is 0 Å². The van der Waals surface area contributed by atoms with Crippen LogP contribution in [0.5, 0.6) is 0 Å². The van der Waals surface area contributed by atoms with Crippen LogP contribution in [0.3, 0.4) is 0 Å². The van der Waals surface area contributed by atoms with Gasteiger partial charge in [-0.1, -0.05) is 30.3 Å². The summed E-state index contributed by atoms with van der Waals surface area (Å²) in [6.45, 7) is 1.46. The normalized spacial score (nSPS) is 17.9. The third kappa shape index (κ3) is 5.03. The summed E-state index contributed by atoms with van der Waals surface area (Å²) in [6, 6.07) is 13.4. The third-order valence-corrected chi connectivity index (χ3v) is 4.48. The second kappa shape index (κ2) is 9.52. The van der Waals surface area contributed by atoms with Crippen LogP contribution in [0.4, 0.5) is 11.4 Å². The van der Waals surface area contributed by atoms with Gasteiger partial charge in [0.1, 0.15) is 0 Å². The Morgan fingerprint density at radius 2 is 1.93 bits per heavy atom. The molecule has 0 aliphatic carbocycles. The molecule has 2 unspecified atom stereocenters. The average Bonchev–Trinajstić information content (AvgIpc) is 2.74. The highest BCUT2D eigenvalue weighted by molar-refractivity contribution is 7.80. The molecule has 3 rings (SSSR count). The van der Waals surface area contributed by atoms with Gasteiger partial charge in [-0.15, -0.1) is 0 Å². The smallest absolute Gasteiger partial charge is 0.275 e. The maximum absolute atomic E-state index is 12.8. The van der Waals surface area contributed by atoms with Crippen molar-refractivity contribution in [1.29, 1.82) is 0 Å². The highest BCUT2D eigenvalue weighted by Crippen LogP contribution is 2.17. The molecule has 2 aromatic carbocycles. The summed E-state index contributed by atoms with van der Waals surface area (Å²) in [5.41, 5.74) is 4.07. The van der Waals surface area contributed by atoms with E-state index in [0.29, 0.717) is 17.0 Å². The van der Waals surface area contributed by atoms with Crippen molar-refractivity contribution in [2.75, 3.05) is 6.54 Å². The number of Topliss-reactive ketones (excluding diaryl/α,β-unsaturated/α-hetero) is 1. The van der Waals surface area contributed by atoms with Gasteiger partial charge >= 0.3 is 0 Å². The molecule has 0 aromatic heterocycles. The summed E-state index contributed by atoms with van der Waals surface area (Å²) in [4.78, 5) is 29.2. The molecule has 1 aliphatic heterocycles. The summed E-state index contributed by atoms with van der Waals surface area (Å²) in [6.07, 6.45) is 0. The number of benzene rings is 2. The molecule has 2 atom stereocenters. The van der Waals surface area contributed by atoms with Crippen molar-refractivity contribution in [3.63, 3.8) is 0 Å². The van der Waals surface area contributed by atoms with Gasteiger partial charge in [-0.05, 0) is 31.3 Å². The molecule has 0 saturated heterocycles. The number of quaternary nitrogens is 1. The topological polar surface area (TPSA) is 134 Å². The van der Waals surface area contributed by atoms with Crippen LogP contribution < -0.4 is 10.7 Å². The molecule has 11 heteroatoms. The van der Waals surface area contributed by atoms with E-state index < -0.39 is 17.2 Å².